The summed E-state index contributed by atoms with van der Waals surface area (Å²) in [6.45, 7) is 6.00. The van der Waals surface area contributed by atoms with E-state index < -0.39 is 0 Å². The largest absolute Gasteiger partial charge is 0.495 e. The lowest BCUT2D eigenvalue weighted by atomic mass is 9.99. The van der Waals surface area contributed by atoms with Crippen molar-refractivity contribution in [3.63, 3.8) is 0 Å². The number of anilines is 1. The SMILES string of the molecule is C=C(CC(Nc1ccccc1OC)c1ccccc1)C(=O)OCC. The van der Waals surface area contributed by atoms with Crippen molar-refractivity contribution in [2.45, 2.75) is 19.4 Å². The summed E-state index contributed by atoms with van der Waals surface area (Å²) in [5.41, 5.74) is 2.37. The molecule has 126 valence electrons. The van der Waals surface area contributed by atoms with Crippen molar-refractivity contribution in [1.82, 2.24) is 0 Å². The lowest BCUT2D eigenvalue weighted by Crippen LogP contribution is -2.16. The molecule has 2 rings (SSSR count). The van der Waals surface area contributed by atoms with Crippen LogP contribution >= 0.6 is 0 Å². The molecule has 0 aliphatic rings. The Bertz CT molecular complexity index is 682. The van der Waals surface area contributed by atoms with Crippen LogP contribution in [0, 0.1) is 0 Å². The molecule has 0 heterocycles. The van der Waals surface area contributed by atoms with Crippen molar-refractivity contribution in [2.24, 2.45) is 0 Å². The van der Waals surface area contributed by atoms with E-state index >= 15 is 0 Å². The zero-order valence-electron chi connectivity index (χ0n) is 14.1. The zero-order valence-corrected chi connectivity index (χ0v) is 14.1. The van der Waals surface area contributed by atoms with E-state index in [0.29, 0.717) is 18.6 Å². The van der Waals surface area contributed by atoms with Gasteiger partial charge in [-0.15, -0.1) is 0 Å². The summed E-state index contributed by atoms with van der Waals surface area (Å²) in [5.74, 6) is 0.389. The van der Waals surface area contributed by atoms with Crippen molar-refractivity contribution in [1.29, 1.82) is 0 Å². The van der Waals surface area contributed by atoms with Crippen molar-refractivity contribution in [2.75, 3.05) is 19.0 Å². The number of hydrogen-bond donors (Lipinski definition) is 1. The number of ether oxygens (including phenoxy) is 2. The van der Waals surface area contributed by atoms with Crippen LogP contribution in [0.5, 0.6) is 5.75 Å². The summed E-state index contributed by atoms with van der Waals surface area (Å²) < 4.78 is 10.4. The maximum absolute atomic E-state index is 11.9. The highest BCUT2D eigenvalue weighted by Crippen LogP contribution is 2.31. The van der Waals surface area contributed by atoms with Gasteiger partial charge in [0.05, 0.1) is 25.4 Å². The van der Waals surface area contributed by atoms with Crippen molar-refractivity contribution < 1.29 is 14.3 Å². The number of hydrogen-bond acceptors (Lipinski definition) is 4. The predicted molar refractivity (Wildman–Crippen MR) is 96.2 cm³/mol. The molecule has 1 unspecified atom stereocenters. The number of benzene rings is 2. The third-order valence-corrected chi connectivity index (χ3v) is 3.65. The molecular formula is C20H23NO3. The van der Waals surface area contributed by atoms with E-state index in [4.69, 9.17) is 9.47 Å². The van der Waals surface area contributed by atoms with Crippen LogP contribution in [-0.2, 0) is 9.53 Å². The van der Waals surface area contributed by atoms with Crippen LogP contribution in [0.15, 0.2) is 66.7 Å². The molecule has 0 aromatic heterocycles. The summed E-state index contributed by atoms with van der Waals surface area (Å²) >= 11 is 0. The van der Waals surface area contributed by atoms with Gasteiger partial charge in [-0.25, -0.2) is 4.79 Å². The molecule has 0 aliphatic heterocycles. The number of carbonyl (C=O) groups excluding carboxylic acids is 1. The van der Waals surface area contributed by atoms with Gasteiger partial charge in [-0.3, -0.25) is 0 Å². The van der Waals surface area contributed by atoms with E-state index in [1.807, 2.05) is 54.6 Å². The monoisotopic (exact) mass is 325 g/mol. The van der Waals surface area contributed by atoms with E-state index in [2.05, 4.69) is 11.9 Å². The van der Waals surface area contributed by atoms with Crippen LogP contribution < -0.4 is 10.1 Å². The van der Waals surface area contributed by atoms with Gasteiger partial charge in [0.25, 0.3) is 0 Å². The van der Waals surface area contributed by atoms with Gasteiger partial charge in [-0.05, 0) is 24.6 Å². The van der Waals surface area contributed by atoms with Crippen LogP contribution in [0.4, 0.5) is 5.69 Å². The summed E-state index contributed by atoms with van der Waals surface area (Å²) in [4.78, 5) is 11.9. The molecule has 0 saturated carbocycles. The molecular weight excluding hydrogens is 302 g/mol. The smallest absolute Gasteiger partial charge is 0.333 e. The van der Waals surface area contributed by atoms with Gasteiger partial charge in [0.2, 0.25) is 0 Å². The minimum Gasteiger partial charge on any atom is -0.495 e. The van der Waals surface area contributed by atoms with Gasteiger partial charge >= 0.3 is 5.97 Å². The second-order valence-electron chi connectivity index (χ2n) is 5.34. The molecule has 0 saturated heterocycles. The molecule has 2 aromatic carbocycles. The summed E-state index contributed by atoms with van der Waals surface area (Å²) in [6, 6.07) is 17.5. The Morgan fingerprint density at radius 1 is 1.12 bits per heavy atom. The van der Waals surface area contributed by atoms with Gasteiger partial charge in [-0.1, -0.05) is 49.0 Å². The molecule has 0 spiro atoms. The fourth-order valence-corrected chi connectivity index (χ4v) is 2.45. The van der Waals surface area contributed by atoms with Crippen LogP contribution in [0.3, 0.4) is 0 Å². The number of carbonyl (C=O) groups is 1. The van der Waals surface area contributed by atoms with Crippen LogP contribution in [0.1, 0.15) is 24.9 Å². The quantitative estimate of drug-likeness (QED) is 0.579. The first-order chi connectivity index (χ1) is 11.7. The summed E-state index contributed by atoms with van der Waals surface area (Å²) in [6.07, 6.45) is 0.445. The predicted octanol–water partition coefficient (Wildman–Crippen LogP) is 4.36. The first kappa shape index (κ1) is 17.6. The molecule has 0 amide bonds. The Labute approximate surface area is 143 Å². The molecule has 4 heteroatoms. The van der Waals surface area contributed by atoms with Gasteiger partial charge in [-0.2, -0.15) is 0 Å². The highest BCUT2D eigenvalue weighted by atomic mass is 16.5. The Hall–Kier alpha value is -2.75. The molecule has 1 N–H and O–H groups in total. The van der Waals surface area contributed by atoms with Gasteiger partial charge < -0.3 is 14.8 Å². The molecule has 0 bridgehead atoms. The molecule has 0 radical (unpaired) electrons. The summed E-state index contributed by atoms with van der Waals surface area (Å²) in [7, 11) is 1.63. The Kier molecular flexibility index (Phi) is 6.43. The molecule has 4 nitrogen and oxygen atoms in total. The third-order valence-electron chi connectivity index (χ3n) is 3.65. The lowest BCUT2D eigenvalue weighted by Gasteiger charge is -2.22. The number of esters is 1. The maximum atomic E-state index is 11.9. The normalized spacial score (nSPS) is 11.4. The van der Waals surface area contributed by atoms with E-state index in [0.717, 1.165) is 17.0 Å². The van der Waals surface area contributed by atoms with E-state index in [1.54, 1.807) is 14.0 Å². The number of nitrogens with one attached hydrogen (secondary N) is 1. The van der Waals surface area contributed by atoms with Crippen molar-refractivity contribution in [3.05, 3.63) is 72.3 Å². The molecule has 2 aromatic rings. The van der Waals surface area contributed by atoms with E-state index in [9.17, 15) is 4.79 Å². The molecule has 0 fully saturated rings. The zero-order chi connectivity index (χ0) is 17.4. The van der Waals surface area contributed by atoms with Crippen LogP contribution in [-0.4, -0.2) is 19.7 Å². The minimum absolute atomic E-state index is 0.112. The lowest BCUT2D eigenvalue weighted by molar-refractivity contribution is -0.138. The number of para-hydroxylation sites is 2. The van der Waals surface area contributed by atoms with E-state index in [-0.39, 0.29) is 12.0 Å². The second-order valence-corrected chi connectivity index (χ2v) is 5.34. The Morgan fingerprint density at radius 2 is 1.79 bits per heavy atom. The van der Waals surface area contributed by atoms with Crippen molar-refractivity contribution in [3.8, 4) is 5.75 Å². The molecule has 0 aliphatic carbocycles. The molecule has 1 atom stereocenters. The highest BCUT2D eigenvalue weighted by Gasteiger charge is 2.18. The Morgan fingerprint density at radius 3 is 2.46 bits per heavy atom. The average Bonchev–Trinajstić information content (AvgIpc) is 2.62. The Balaban J connectivity index is 2.23. The minimum atomic E-state index is -0.361. The molecule has 24 heavy (non-hydrogen) atoms. The first-order valence-corrected chi connectivity index (χ1v) is 7.95. The number of rotatable bonds is 8. The number of methoxy groups -OCH3 is 1. The second kappa shape index (κ2) is 8.77. The fourth-order valence-electron chi connectivity index (χ4n) is 2.45. The van der Waals surface area contributed by atoms with Crippen LogP contribution in [0.25, 0.3) is 0 Å². The van der Waals surface area contributed by atoms with Crippen LogP contribution in [0.2, 0.25) is 0 Å². The highest BCUT2D eigenvalue weighted by molar-refractivity contribution is 5.87. The van der Waals surface area contributed by atoms with Gasteiger partial charge in [0.15, 0.2) is 0 Å². The van der Waals surface area contributed by atoms with E-state index in [1.165, 1.54) is 0 Å². The fraction of sp³-hybridized carbons (Fsp3) is 0.250. The van der Waals surface area contributed by atoms with Gasteiger partial charge in [0.1, 0.15) is 5.75 Å². The standard InChI is InChI=1S/C20H23NO3/c1-4-24-20(22)15(2)14-18(16-10-6-5-7-11-16)21-17-12-8-9-13-19(17)23-3/h5-13,18,21H,2,4,14H2,1,3H3. The van der Waals surface area contributed by atoms with Crippen molar-refractivity contribution >= 4 is 11.7 Å². The average molecular weight is 325 g/mol. The first-order valence-electron chi connectivity index (χ1n) is 7.95. The topological polar surface area (TPSA) is 47.6 Å². The third kappa shape index (κ3) is 4.62. The summed E-state index contributed by atoms with van der Waals surface area (Å²) in [5, 5.41) is 3.45. The maximum Gasteiger partial charge on any atom is 0.333 e. The van der Waals surface area contributed by atoms with Gasteiger partial charge in [0, 0.05) is 12.0 Å².